The number of piperidine rings is 1. The SMILES string of the molecule is CCN1CCC(NC(C)CN)CC1. The van der Waals surface area contributed by atoms with E-state index in [2.05, 4.69) is 24.1 Å². The second-order valence-electron chi connectivity index (χ2n) is 4.01. The lowest BCUT2D eigenvalue weighted by atomic mass is 10.0. The number of rotatable bonds is 4. The third-order valence-electron chi connectivity index (χ3n) is 2.91. The van der Waals surface area contributed by atoms with Gasteiger partial charge in [0.2, 0.25) is 0 Å². The van der Waals surface area contributed by atoms with Crippen LogP contribution in [0.2, 0.25) is 0 Å². The molecule has 3 N–H and O–H groups in total. The van der Waals surface area contributed by atoms with Crippen molar-refractivity contribution in [2.45, 2.75) is 38.8 Å². The van der Waals surface area contributed by atoms with E-state index in [1.165, 1.54) is 32.5 Å². The molecule has 13 heavy (non-hydrogen) atoms. The van der Waals surface area contributed by atoms with E-state index >= 15 is 0 Å². The van der Waals surface area contributed by atoms with Crippen LogP contribution in [0.15, 0.2) is 0 Å². The van der Waals surface area contributed by atoms with E-state index in [9.17, 15) is 0 Å². The molecule has 0 radical (unpaired) electrons. The quantitative estimate of drug-likeness (QED) is 0.666. The zero-order valence-electron chi connectivity index (χ0n) is 8.92. The fourth-order valence-corrected chi connectivity index (χ4v) is 1.89. The normalized spacial score (nSPS) is 23.3. The van der Waals surface area contributed by atoms with E-state index in [-0.39, 0.29) is 0 Å². The summed E-state index contributed by atoms with van der Waals surface area (Å²) < 4.78 is 0. The zero-order chi connectivity index (χ0) is 9.68. The van der Waals surface area contributed by atoms with Crippen LogP contribution in [-0.2, 0) is 0 Å². The first-order valence-electron chi connectivity index (χ1n) is 5.44. The van der Waals surface area contributed by atoms with Crippen LogP contribution in [0.1, 0.15) is 26.7 Å². The average molecular weight is 185 g/mol. The van der Waals surface area contributed by atoms with E-state index in [0.29, 0.717) is 12.1 Å². The van der Waals surface area contributed by atoms with Crippen molar-refractivity contribution in [3.63, 3.8) is 0 Å². The summed E-state index contributed by atoms with van der Waals surface area (Å²) in [7, 11) is 0. The molecule has 0 aromatic rings. The van der Waals surface area contributed by atoms with Gasteiger partial charge < -0.3 is 16.0 Å². The highest BCUT2D eigenvalue weighted by Crippen LogP contribution is 2.09. The van der Waals surface area contributed by atoms with Crippen LogP contribution in [0, 0.1) is 0 Å². The third-order valence-corrected chi connectivity index (χ3v) is 2.91. The van der Waals surface area contributed by atoms with Crippen LogP contribution in [0.3, 0.4) is 0 Å². The molecule has 78 valence electrons. The number of nitrogens with one attached hydrogen (secondary N) is 1. The topological polar surface area (TPSA) is 41.3 Å². The second kappa shape index (κ2) is 5.58. The van der Waals surface area contributed by atoms with Gasteiger partial charge in [0, 0.05) is 18.6 Å². The fraction of sp³-hybridized carbons (Fsp3) is 1.00. The summed E-state index contributed by atoms with van der Waals surface area (Å²) in [6, 6.07) is 1.17. The number of nitrogens with zero attached hydrogens (tertiary/aromatic N) is 1. The average Bonchev–Trinajstić information content (AvgIpc) is 2.19. The van der Waals surface area contributed by atoms with Crippen LogP contribution in [0.5, 0.6) is 0 Å². The van der Waals surface area contributed by atoms with Gasteiger partial charge in [-0.2, -0.15) is 0 Å². The standard InChI is InChI=1S/C10H23N3/c1-3-13-6-4-10(5-7-13)12-9(2)8-11/h9-10,12H,3-8,11H2,1-2H3. The van der Waals surface area contributed by atoms with E-state index in [1.807, 2.05) is 0 Å². The van der Waals surface area contributed by atoms with Gasteiger partial charge >= 0.3 is 0 Å². The third kappa shape index (κ3) is 3.63. The molecule has 1 fully saturated rings. The molecule has 0 spiro atoms. The first kappa shape index (κ1) is 11.0. The largest absolute Gasteiger partial charge is 0.329 e. The Kier molecular flexibility index (Phi) is 4.70. The predicted octanol–water partition coefficient (Wildman–Crippen LogP) is 0.408. The smallest absolute Gasteiger partial charge is 0.0164 e. The molecule has 0 aromatic heterocycles. The van der Waals surface area contributed by atoms with E-state index in [4.69, 9.17) is 5.73 Å². The van der Waals surface area contributed by atoms with Crippen LogP contribution in [-0.4, -0.2) is 43.2 Å². The zero-order valence-corrected chi connectivity index (χ0v) is 8.92. The molecule has 1 atom stereocenters. The summed E-state index contributed by atoms with van der Waals surface area (Å²) >= 11 is 0. The summed E-state index contributed by atoms with van der Waals surface area (Å²) in [4.78, 5) is 2.51. The maximum atomic E-state index is 5.57. The molecule has 1 rings (SSSR count). The van der Waals surface area contributed by atoms with Crippen molar-refractivity contribution in [1.29, 1.82) is 0 Å². The van der Waals surface area contributed by atoms with Crippen molar-refractivity contribution in [3.05, 3.63) is 0 Å². The van der Waals surface area contributed by atoms with Crippen molar-refractivity contribution in [2.75, 3.05) is 26.2 Å². The molecule has 1 heterocycles. The molecule has 1 aliphatic rings. The molecule has 0 bridgehead atoms. The highest BCUT2D eigenvalue weighted by Gasteiger charge is 2.18. The Morgan fingerprint density at radius 2 is 2.08 bits per heavy atom. The van der Waals surface area contributed by atoms with Gasteiger partial charge in [0.05, 0.1) is 0 Å². The molecule has 0 amide bonds. The van der Waals surface area contributed by atoms with Crippen LogP contribution in [0.4, 0.5) is 0 Å². The first-order valence-corrected chi connectivity index (χ1v) is 5.44. The minimum Gasteiger partial charge on any atom is -0.329 e. The predicted molar refractivity (Wildman–Crippen MR) is 56.8 cm³/mol. The summed E-state index contributed by atoms with van der Waals surface area (Å²) in [6.45, 7) is 8.81. The molecule has 3 heteroatoms. The Morgan fingerprint density at radius 3 is 2.54 bits per heavy atom. The van der Waals surface area contributed by atoms with Gasteiger partial charge in [-0.1, -0.05) is 6.92 Å². The van der Waals surface area contributed by atoms with E-state index in [1.54, 1.807) is 0 Å². The lowest BCUT2D eigenvalue weighted by Gasteiger charge is -2.33. The van der Waals surface area contributed by atoms with Crippen LogP contribution in [0.25, 0.3) is 0 Å². The minimum absolute atomic E-state index is 0.471. The van der Waals surface area contributed by atoms with Gasteiger partial charge in [-0.3, -0.25) is 0 Å². The van der Waals surface area contributed by atoms with E-state index < -0.39 is 0 Å². The molecular formula is C10H23N3. The molecule has 0 saturated carbocycles. The number of nitrogens with two attached hydrogens (primary N) is 1. The molecule has 1 aliphatic heterocycles. The molecule has 0 aromatic carbocycles. The summed E-state index contributed by atoms with van der Waals surface area (Å²) in [5.74, 6) is 0. The minimum atomic E-state index is 0.471. The lowest BCUT2D eigenvalue weighted by Crippen LogP contribution is -2.47. The van der Waals surface area contributed by atoms with Gasteiger partial charge in [-0.25, -0.2) is 0 Å². The monoisotopic (exact) mass is 185 g/mol. The van der Waals surface area contributed by atoms with Gasteiger partial charge in [0.1, 0.15) is 0 Å². The molecular weight excluding hydrogens is 162 g/mol. The molecule has 1 unspecified atom stereocenters. The highest BCUT2D eigenvalue weighted by molar-refractivity contribution is 4.78. The molecule has 1 saturated heterocycles. The Morgan fingerprint density at radius 1 is 1.46 bits per heavy atom. The summed E-state index contributed by atoms with van der Waals surface area (Å²) in [6.07, 6.45) is 2.55. The van der Waals surface area contributed by atoms with Gasteiger partial charge in [-0.15, -0.1) is 0 Å². The van der Waals surface area contributed by atoms with Crippen LogP contribution >= 0.6 is 0 Å². The van der Waals surface area contributed by atoms with Crippen molar-refractivity contribution in [1.82, 2.24) is 10.2 Å². The van der Waals surface area contributed by atoms with Crippen molar-refractivity contribution in [2.24, 2.45) is 5.73 Å². The number of likely N-dealkylation sites (tertiary alicyclic amines) is 1. The van der Waals surface area contributed by atoms with E-state index in [0.717, 1.165) is 6.54 Å². The Hall–Kier alpha value is -0.120. The Balaban J connectivity index is 2.17. The molecule has 3 nitrogen and oxygen atoms in total. The Bertz CT molecular complexity index is 130. The maximum absolute atomic E-state index is 5.57. The molecule has 0 aliphatic carbocycles. The highest BCUT2D eigenvalue weighted by atomic mass is 15.1. The Labute approximate surface area is 81.7 Å². The summed E-state index contributed by atoms with van der Waals surface area (Å²) in [5, 5.41) is 3.56. The second-order valence-corrected chi connectivity index (χ2v) is 4.01. The van der Waals surface area contributed by atoms with Crippen molar-refractivity contribution < 1.29 is 0 Å². The first-order chi connectivity index (χ1) is 6.26. The van der Waals surface area contributed by atoms with Gasteiger partial charge in [-0.05, 0) is 39.4 Å². The number of hydrogen-bond donors (Lipinski definition) is 2. The maximum Gasteiger partial charge on any atom is 0.0164 e. The van der Waals surface area contributed by atoms with Crippen molar-refractivity contribution in [3.8, 4) is 0 Å². The van der Waals surface area contributed by atoms with Crippen molar-refractivity contribution >= 4 is 0 Å². The summed E-state index contributed by atoms with van der Waals surface area (Å²) in [5.41, 5.74) is 5.57. The fourth-order valence-electron chi connectivity index (χ4n) is 1.89. The van der Waals surface area contributed by atoms with Gasteiger partial charge in [0.25, 0.3) is 0 Å². The van der Waals surface area contributed by atoms with Gasteiger partial charge in [0.15, 0.2) is 0 Å². The number of hydrogen-bond acceptors (Lipinski definition) is 3. The van der Waals surface area contributed by atoms with Crippen LogP contribution < -0.4 is 11.1 Å². The lowest BCUT2D eigenvalue weighted by molar-refractivity contribution is 0.200.